The largest absolute Gasteiger partial charge is 0.481 e. The summed E-state index contributed by atoms with van der Waals surface area (Å²) in [4.78, 5) is 43.9. The number of phosphoric acid groups is 2. The first kappa shape index (κ1) is 33.7. The number of esters is 1. The molecule has 2 aliphatic rings. The van der Waals surface area contributed by atoms with Crippen molar-refractivity contribution >= 4 is 38.6 Å². The van der Waals surface area contributed by atoms with Gasteiger partial charge in [0.05, 0.1) is 19.5 Å². The summed E-state index contributed by atoms with van der Waals surface area (Å²) in [5, 5.41) is 40.8. The van der Waals surface area contributed by atoms with Gasteiger partial charge in [0.15, 0.2) is 30.1 Å². The molecule has 0 amide bonds. The van der Waals surface area contributed by atoms with Gasteiger partial charge >= 0.3 is 21.6 Å². The van der Waals surface area contributed by atoms with Crippen LogP contribution in [0.4, 0.5) is 5.82 Å². The lowest BCUT2D eigenvalue weighted by Gasteiger charge is -2.22. The van der Waals surface area contributed by atoms with Gasteiger partial charge in [-0.15, -0.1) is 0 Å². The van der Waals surface area contributed by atoms with Crippen molar-refractivity contribution in [1.82, 2.24) is 19.5 Å². The standard InChI is InChI=1S/C21H33N5O15P2/c1-2-3-4-5-12(27)40-17-11(39-21(31)16(17)30)7-37-43(34,35)41-42(32,33)36-6-10-14(28)15(29)20(38-10)26-9-25-13-18(22)23-8-24-19(13)26/h8-11,14-17,20-21,28-31H,2-7H2,1H3,(H,32,33)(H,34,35)(H2,22,23,24)/t10-,11+,14-,15-,16+,17+,20-,21?/m1/s1. The van der Waals surface area contributed by atoms with E-state index in [-0.39, 0.29) is 23.4 Å². The fourth-order valence-electron chi connectivity index (χ4n) is 4.39. The number of nitrogen functional groups attached to an aromatic ring is 1. The highest BCUT2D eigenvalue weighted by Crippen LogP contribution is 2.60. The van der Waals surface area contributed by atoms with Crippen LogP contribution in [0.5, 0.6) is 0 Å². The molecule has 2 aliphatic heterocycles. The summed E-state index contributed by atoms with van der Waals surface area (Å²) in [5.74, 6) is -0.657. The SMILES string of the molecule is CCCCCC(=O)O[C@H]1[C@H](COP(=O)(O)OP(=O)(O)OC[C@H]2O[C@@H](n3cnc4c(N)ncnc43)[C@H](O)[C@@H]2O)OC(O)[C@H]1O. The fraction of sp³-hybridized carbons (Fsp3) is 0.714. The van der Waals surface area contributed by atoms with Crippen LogP contribution in [-0.2, 0) is 41.5 Å². The second-order valence-electron chi connectivity index (χ2n) is 9.71. The maximum atomic E-state index is 12.4. The van der Waals surface area contributed by atoms with Crippen molar-refractivity contribution in [3.63, 3.8) is 0 Å². The number of imidazole rings is 1. The molecule has 2 fully saturated rings. The van der Waals surface area contributed by atoms with E-state index in [4.69, 9.17) is 24.5 Å². The Labute approximate surface area is 243 Å². The number of carbonyl (C=O) groups is 1. The van der Waals surface area contributed by atoms with Crippen molar-refractivity contribution in [3.8, 4) is 0 Å². The minimum atomic E-state index is -5.37. The number of nitrogens with two attached hydrogens (primary N) is 1. The van der Waals surface area contributed by atoms with Crippen LogP contribution in [0, 0.1) is 0 Å². The van der Waals surface area contributed by atoms with E-state index in [1.54, 1.807) is 0 Å². The molecular weight excluding hydrogens is 624 g/mol. The molecule has 22 heteroatoms. The predicted molar refractivity (Wildman–Crippen MR) is 139 cm³/mol. The molecule has 10 atom stereocenters. The second-order valence-corrected chi connectivity index (χ2v) is 12.8. The van der Waals surface area contributed by atoms with Crippen LogP contribution in [0.1, 0.15) is 38.8 Å². The first-order valence-corrected chi connectivity index (χ1v) is 16.0. The van der Waals surface area contributed by atoms with E-state index in [1.807, 2.05) is 6.92 Å². The Morgan fingerprint density at radius 1 is 0.977 bits per heavy atom. The number of anilines is 1. The number of unbranched alkanes of at least 4 members (excludes halogenated alkanes) is 2. The maximum absolute atomic E-state index is 12.4. The lowest BCUT2D eigenvalue weighted by molar-refractivity contribution is -0.156. The molecule has 2 aromatic rings. The van der Waals surface area contributed by atoms with E-state index in [9.17, 15) is 44.1 Å². The van der Waals surface area contributed by atoms with E-state index in [0.29, 0.717) is 6.42 Å². The van der Waals surface area contributed by atoms with Crippen LogP contribution >= 0.6 is 15.6 Å². The number of carbonyl (C=O) groups excluding carboxylic acids is 1. The van der Waals surface area contributed by atoms with Gasteiger partial charge in [0.2, 0.25) is 0 Å². The molecule has 2 aromatic heterocycles. The van der Waals surface area contributed by atoms with Crippen LogP contribution < -0.4 is 5.73 Å². The molecule has 4 heterocycles. The quantitative estimate of drug-likeness (QED) is 0.0716. The zero-order chi connectivity index (χ0) is 31.5. The van der Waals surface area contributed by atoms with Crippen LogP contribution in [0.2, 0.25) is 0 Å². The molecule has 43 heavy (non-hydrogen) atoms. The minimum Gasteiger partial charge on any atom is -0.456 e. The van der Waals surface area contributed by atoms with Crippen molar-refractivity contribution in [2.75, 3.05) is 18.9 Å². The smallest absolute Gasteiger partial charge is 0.456 e. The van der Waals surface area contributed by atoms with E-state index < -0.39 is 84.0 Å². The van der Waals surface area contributed by atoms with Gasteiger partial charge in [0.25, 0.3) is 0 Å². The molecule has 0 aromatic carbocycles. The third-order valence-corrected chi connectivity index (χ3v) is 9.17. The number of rotatable bonds is 14. The van der Waals surface area contributed by atoms with Crippen molar-refractivity contribution in [2.24, 2.45) is 0 Å². The van der Waals surface area contributed by atoms with E-state index in [0.717, 1.165) is 19.2 Å². The highest BCUT2D eigenvalue weighted by atomic mass is 31.3. The molecule has 8 N–H and O–H groups in total. The summed E-state index contributed by atoms with van der Waals surface area (Å²) >= 11 is 0. The van der Waals surface area contributed by atoms with Gasteiger partial charge in [0, 0.05) is 6.42 Å². The van der Waals surface area contributed by atoms with Crippen molar-refractivity contribution in [2.45, 2.75) is 81.7 Å². The molecule has 2 saturated heterocycles. The zero-order valence-corrected chi connectivity index (χ0v) is 24.4. The Hall–Kier alpha value is -2.16. The van der Waals surface area contributed by atoms with Gasteiger partial charge in [-0.3, -0.25) is 18.4 Å². The first-order valence-electron chi connectivity index (χ1n) is 13.0. The summed E-state index contributed by atoms with van der Waals surface area (Å²) in [6.07, 6.45) is -7.87. The average molecular weight is 657 g/mol. The van der Waals surface area contributed by atoms with Gasteiger partial charge in [-0.05, 0) is 6.42 Å². The Bertz CT molecular complexity index is 1370. The molecule has 0 saturated carbocycles. The van der Waals surface area contributed by atoms with Crippen LogP contribution in [0.25, 0.3) is 11.2 Å². The number of hydrogen-bond donors (Lipinski definition) is 7. The maximum Gasteiger partial charge on any atom is 0.481 e. The molecule has 0 spiro atoms. The molecule has 0 bridgehead atoms. The number of aliphatic hydroxyl groups excluding tert-OH is 4. The van der Waals surface area contributed by atoms with E-state index in [1.165, 1.54) is 10.9 Å². The highest BCUT2D eigenvalue weighted by Gasteiger charge is 2.48. The molecule has 20 nitrogen and oxygen atoms in total. The average Bonchev–Trinajstić information content (AvgIpc) is 3.57. The number of phosphoric ester groups is 2. The lowest BCUT2D eigenvalue weighted by atomic mass is 10.1. The van der Waals surface area contributed by atoms with Crippen LogP contribution in [0.15, 0.2) is 12.7 Å². The number of hydrogen-bond acceptors (Lipinski definition) is 17. The Morgan fingerprint density at radius 3 is 2.33 bits per heavy atom. The van der Waals surface area contributed by atoms with Crippen LogP contribution in [-0.4, -0.2) is 112 Å². The molecule has 0 aliphatic carbocycles. The molecule has 0 radical (unpaired) electrons. The zero-order valence-electron chi connectivity index (χ0n) is 22.6. The highest BCUT2D eigenvalue weighted by molar-refractivity contribution is 7.61. The number of ether oxygens (including phenoxy) is 3. The third kappa shape index (κ3) is 8.12. The van der Waals surface area contributed by atoms with Gasteiger partial charge in [-0.2, -0.15) is 4.31 Å². The van der Waals surface area contributed by atoms with E-state index >= 15 is 0 Å². The van der Waals surface area contributed by atoms with Crippen LogP contribution in [0.3, 0.4) is 0 Å². The fourth-order valence-corrected chi connectivity index (χ4v) is 6.49. The predicted octanol–water partition coefficient (Wildman–Crippen LogP) is -1.15. The minimum absolute atomic E-state index is 0.0203. The summed E-state index contributed by atoms with van der Waals surface area (Å²) in [5.41, 5.74) is 6.11. The molecule has 4 rings (SSSR count). The monoisotopic (exact) mass is 657 g/mol. The van der Waals surface area contributed by atoms with Crippen molar-refractivity contribution in [1.29, 1.82) is 0 Å². The van der Waals surface area contributed by atoms with E-state index in [2.05, 4.69) is 23.8 Å². The lowest BCUT2D eigenvalue weighted by Crippen LogP contribution is -2.38. The number of fused-ring (bicyclic) bond motifs is 1. The summed E-state index contributed by atoms with van der Waals surface area (Å²) in [7, 11) is -10.7. The third-order valence-electron chi connectivity index (χ3n) is 6.57. The number of aliphatic hydroxyl groups is 4. The Balaban J connectivity index is 1.31. The van der Waals surface area contributed by atoms with Crippen molar-refractivity contribution < 1.29 is 71.7 Å². The Morgan fingerprint density at radius 2 is 1.65 bits per heavy atom. The normalized spacial score (nSPS) is 32.1. The molecule has 242 valence electrons. The first-order chi connectivity index (χ1) is 20.2. The second kappa shape index (κ2) is 13.9. The summed E-state index contributed by atoms with van der Waals surface area (Å²) in [6, 6.07) is 0. The van der Waals surface area contributed by atoms with Gasteiger partial charge < -0.3 is 50.2 Å². The molecular formula is C21H33N5O15P2. The summed E-state index contributed by atoms with van der Waals surface area (Å²) in [6.45, 7) is 0.116. The summed E-state index contributed by atoms with van der Waals surface area (Å²) < 4.78 is 55.4. The van der Waals surface area contributed by atoms with Gasteiger partial charge in [-0.25, -0.2) is 24.1 Å². The number of nitrogens with zero attached hydrogens (tertiary/aromatic N) is 4. The number of aromatic nitrogens is 4. The molecule has 3 unspecified atom stereocenters. The Kier molecular flexibility index (Phi) is 10.9. The van der Waals surface area contributed by atoms with Gasteiger partial charge in [-0.1, -0.05) is 19.8 Å². The van der Waals surface area contributed by atoms with Gasteiger partial charge in [0.1, 0.15) is 42.4 Å². The van der Waals surface area contributed by atoms with Crippen molar-refractivity contribution in [3.05, 3.63) is 12.7 Å². The topological polar surface area (TPSA) is 298 Å².